The van der Waals surface area contributed by atoms with Crippen molar-refractivity contribution in [1.29, 1.82) is 0 Å². The van der Waals surface area contributed by atoms with E-state index in [1.165, 1.54) is 54.8 Å². The van der Waals surface area contributed by atoms with Crippen LogP contribution in [-0.4, -0.2) is 32.5 Å². The van der Waals surface area contributed by atoms with Crippen molar-refractivity contribution in [2.75, 3.05) is 0 Å². The van der Waals surface area contributed by atoms with Crippen LogP contribution in [0.4, 0.5) is 0 Å². The van der Waals surface area contributed by atoms with Crippen LogP contribution in [0.1, 0.15) is 11.1 Å². The third-order valence-electron chi connectivity index (χ3n) is 3.11. The number of benzene rings is 2. The zero-order valence-corrected chi connectivity index (χ0v) is 12.3. The van der Waals surface area contributed by atoms with Crippen molar-refractivity contribution in [2.24, 2.45) is 0 Å². The fourth-order valence-electron chi connectivity index (χ4n) is 1.85. The van der Waals surface area contributed by atoms with Gasteiger partial charge in [-0.05, 0) is 47.5 Å². The van der Waals surface area contributed by atoms with Gasteiger partial charge in [-0.2, -0.15) is 0 Å². The highest BCUT2D eigenvalue weighted by Gasteiger charge is 2.08. The fourth-order valence-corrected chi connectivity index (χ4v) is 1.85. The van der Waals surface area contributed by atoms with E-state index in [2.05, 4.69) is 0 Å². The number of hydrogen-bond acceptors (Lipinski definition) is 6. The summed E-state index contributed by atoms with van der Waals surface area (Å²) in [5.41, 5.74) is 0.512. The fraction of sp³-hybridized carbons (Fsp3) is 0. The van der Waals surface area contributed by atoms with Crippen LogP contribution in [-0.2, 0) is 9.59 Å². The molecule has 0 saturated heterocycles. The molecule has 0 spiro atoms. The van der Waals surface area contributed by atoms with Crippen molar-refractivity contribution in [3.63, 3.8) is 0 Å². The van der Waals surface area contributed by atoms with E-state index in [-0.39, 0.29) is 28.6 Å². The first-order valence-corrected chi connectivity index (χ1v) is 6.77. The molecular weight excluding hydrogens is 312 g/mol. The summed E-state index contributed by atoms with van der Waals surface area (Å²) in [6.45, 7) is 0. The third kappa shape index (κ3) is 4.01. The largest absolute Gasteiger partial charge is 0.504 e. The molecule has 24 heavy (non-hydrogen) atoms. The average Bonchev–Trinajstić information content (AvgIpc) is 2.56. The molecule has 6 heteroatoms. The number of carbonyl (C=O) groups is 1. The first-order valence-electron chi connectivity index (χ1n) is 6.77. The van der Waals surface area contributed by atoms with Gasteiger partial charge >= 0.3 is 0 Å². The summed E-state index contributed by atoms with van der Waals surface area (Å²) >= 11 is 0. The third-order valence-corrected chi connectivity index (χ3v) is 3.11. The topological polar surface area (TPSA) is 115 Å². The Morgan fingerprint density at radius 3 is 1.92 bits per heavy atom. The van der Waals surface area contributed by atoms with E-state index in [0.717, 1.165) is 6.08 Å². The van der Waals surface area contributed by atoms with E-state index in [1.807, 2.05) is 0 Å². The normalized spacial score (nSPS) is 11.6. The molecule has 0 heterocycles. The number of aromatic hydroxyl groups is 4. The Morgan fingerprint density at radius 1 is 0.833 bits per heavy atom. The molecule has 0 aromatic heterocycles. The molecule has 0 bridgehead atoms. The van der Waals surface area contributed by atoms with Gasteiger partial charge in [0.25, 0.3) is 0 Å². The maximum absolute atomic E-state index is 12.0. The molecule has 0 saturated carbocycles. The minimum atomic E-state index is -0.634. The molecule has 0 aliphatic carbocycles. The zero-order valence-electron chi connectivity index (χ0n) is 12.3. The zero-order chi connectivity index (χ0) is 17.7. The minimum absolute atomic E-state index is 0.278. The van der Waals surface area contributed by atoms with Gasteiger partial charge in [-0.15, -0.1) is 0 Å². The Bertz CT molecular complexity index is 849. The lowest BCUT2D eigenvalue weighted by Crippen LogP contribution is -1.99. The molecule has 0 amide bonds. The molecule has 0 atom stereocenters. The van der Waals surface area contributed by atoms with E-state index >= 15 is 0 Å². The molecule has 2 rings (SSSR count). The number of rotatable bonds is 5. The van der Waals surface area contributed by atoms with Gasteiger partial charge in [0.15, 0.2) is 28.8 Å². The first kappa shape index (κ1) is 16.8. The van der Waals surface area contributed by atoms with Gasteiger partial charge < -0.3 is 20.4 Å². The Morgan fingerprint density at radius 2 is 1.38 bits per heavy atom. The number of allylic oxidation sites excluding steroid dienone is 2. The van der Waals surface area contributed by atoms with Crippen LogP contribution in [0.15, 0.2) is 48.0 Å². The summed E-state index contributed by atoms with van der Waals surface area (Å²) < 4.78 is 0. The second-order valence-electron chi connectivity index (χ2n) is 4.85. The summed E-state index contributed by atoms with van der Waals surface area (Å²) in [7, 11) is 0. The molecule has 4 N–H and O–H groups in total. The maximum Gasteiger partial charge on any atom is 0.237 e. The van der Waals surface area contributed by atoms with Crippen LogP contribution in [0, 0.1) is 0 Å². The van der Waals surface area contributed by atoms with E-state index in [0.29, 0.717) is 11.1 Å². The highest BCUT2D eigenvalue weighted by molar-refractivity contribution is 6.21. The molecule has 2 aromatic rings. The predicted molar refractivity (Wildman–Crippen MR) is 87.3 cm³/mol. The summed E-state index contributed by atoms with van der Waals surface area (Å²) in [6, 6.07) is 7.84. The van der Waals surface area contributed by atoms with Gasteiger partial charge in [-0.1, -0.05) is 18.2 Å². The van der Waals surface area contributed by atoms with Crippen LogP contribution in [0.2, 0.25) is 0 Å². The second kappa shape index (κ2) is 7.15. The molecule has 2 aromatic carbocycles. The predicted octanol–water partition coefficient (Wildman–Crippen LogP) is 2.28. The van der Waals surface area contributed by atoms with Crippen molar-refractivity contribution >= 4 is 24.2 Å². The molecule has 1 radical (unpaired) electrons. The first-order chi connectivity index (χ1) is 11.4. The number of carbonyl (C=O) groups excluding carboxylic acids is 2. The van der Waals surface area contributed by atoms with Gasteiger partial charge in [0, 0.05) is 0 Å². The molecular formula is C18H13O6. The quantitative estimate of drug-likeness (QED) is 0.290. The van der Waals surface area contributed by atoms with Gasteiger partial charge in [0.2, 0.25) is 6.29 Å². The van der Waals surface area contributed by atoms with E-state index in [4.69, 9.17) is 0 Å². The summed E-state index contributed by atoms with van der Waals surface area (Å²) in [5, 5.41) is 37.2. The van der Waals surface area contributed by atoms with Crippen LogP contribution < -0.4 is 0 Å². The molecule has 6 nitrogen and oxygen atoms in total. The standard InChI is InChI=1S/C18H13O6/c19-10-13(7-12-3-6-16(22)18(24)9-12)14(20)4-1-11-2-5-15(21)17(23)8-11/h1-9,21-24H. The smallest absolute Gasteiger partial charge is 0.237 e. The summed E-state index contributed by atoms with van der Waals surface area (Å²) in [5.74, 6) is -1.95. The Labute approximate surface area is 137 Å². The Hall–Kier alpha value is -3.54. The lowest BCUT2D eigenvalue weighted by Gasteiger charge is -2.00. The second-order valence-corrected chi connectivity index (χ2v) is 4.85. The molecule has 0 aliphatic rings. The molecule has 0 fully saturated rings. The van der Waals surface area contributed by atoms with Crippen LogP contribution in [0.25, 0.3) is 12.2 Å². The van der Waals surface area contributed by atoms with Gasteiger partial charge in [0.05, 0.1) is 5.57 Å². The van der Waals surface area contributed by atoms with Crippen molar-refractivity contribution in [2.45, 2.75) is 0 Å². The number of phenols is 4. The Kier molecular flexibility index (Phi) is 5.01. The SMILES string of the molecule is O=[C]C(=Cc1ccc(O)c(O)c1)C(=O)C=Cc1ccc(O)c(O)c1. The Balaban J connectivity index is 2.23. The van der Waals surface area contributed by atoms with E-state index in [9.17, 15) is 30.0 Å². The van der Waals surface area contributed by atoms with Crippen molar-refractivity contribution in [1.82, 2.24) is 0 Å². The van der Waals surface area contributed by atoms with E-state index in [1.54, 1.807) is 0 Å². The highest BCUT2D eigenvalue weighted by Crippen LogP contribution is 2.26. The molecule has 0 aliphatic heterocycles. The van der Waals surface area contributed by atoms with Gasteiger partial charge in [0.1, 0.15) is 0 Å². The summed E-state index contributed by atoms with van der Waals surface area (Å²) in [4.78, 5) is 23.0. The van der Waals surface area contributed by atoms with Crippen LogP contribution >= 0.6 is 0 Å². The van der Waals surface area contributed by atoms with Gasteiger partial charge in [-0.3, -0.25) is 9.59 Å². The number of hydrogen-bond donors (Lipinski definition) is 4. The van der Waals surface area contributed by atoms with Crippen LogP contribution in [0.5, 0.6) is 23.0 Å². The van der Waals surface area contributed by atoms with Crippen molar-refractivity contribution in [3.8, 4) is 23.0 Å². The monoisotopic (exact) mass is 325 g/mol. The lowest BCUT2D eigenvalue weighted by atomic mass is 10.1. The van der Waals surface area contributed by atoms with E-state index < -0.39 is 5.78 Å². The highest BCUT2D eigenvalue weighted by atomic mass is 16.3. The average molecular weight is 325 g/mol. The minimum Gasteiger partial charge on any atom is -0.504 e. The maximum atomic E-state index is 12.0. The molecule has 121 valence electrons. The van der Waals surface area contributed by atoms with Crippen molar-refractivity contribution < 1.29 is 30.0 Å². The van der Waals surface area contributed by atoms with Crippen LogP contribution in [0.3, 0.4) is 0 Å². The van der Waals surface area contributed by atoms with Gasteiger partial charge in [-0.25, -0.2) is 0 Å². The lowest BCUT2D eigenvalue weighted by molar-refractivity contribution is -0.110. The number of phenolic OH excluding ortho intramolecular Hbond substituents is 4. The van der Waals surface area contributed by atoms with Crippen molar-refractivity contribution in [3.05, 3.63) is 59.2 Å². The number of ketones is 1. The molecule has 0 unspecified atom stereocenters. The summed E-state index contributed by atoms with van der Waals surface area (Å²) in [6.07, 6.45) is 5.21.